The Kier molecular flexibility index (Phi) is 3.99. The summed E-state index contributed by atoms with van der Waals surface area (Å²) in [5.74, 6) is -1.68. The van der Waals surface area contributed by atoms with Crippen molar-refractivity contribution in [2.24, 2.45) is 0 Å². The van der Waals surface area contributed by atoms with Crippen molar-refractivity contribution < 1.29 is 13.5 Å². The monoisotopic (exact) mass is 262 g/mol. The smallest absolute Gasteiger partial charge is 0.343 e. The van der Waals surface area contributed by atoms with Crippen LogP contribution in [-0.2, 0) is 9.08 Å². The minimum Gasteiger partial charge on any atom is -0.343 e. The Morgan fingerprint density at radius 3 is 1.73 bits per heavy atom. The maximum atomic E-state index is 12.8. The highest BCUT2D eigenvalue weighted by Crippen LogP contribution is 2.44. The van der Waals surface area contributed by atoms with Gasteiger partial charge < -0.3 is 4.29 Å². The fraction of sp³-hybridized carbons (Fsp3) is 0.667. The first-order valence-corrected chi connectivity index (χ1v) is 3.83. The first kappa shape index (κ1) is 11.8. The van der Waals surface area contributed by atoms with Crippen molar-refractivity contribution in [3.8, 4) is 0 Å². The summed E-state index contributed by atoms with van der Waals surface area (Å²) in [7, 11) is 0. The Hall–Kier alpha value is 0.850. The second-order valence-electron chi connectivity index (χ2n) is 1.44. The van der Waals surface area contributed by atoms with E-state index in [-0.39, 0.29) is 0 Å². The minimum absolute atomic E-state index is 1.68. The molecule has 0 fully saturated rings. The normalized spacial score (nSPS) is 17.3. The van der Waals surface area contributed by atoms with E-state index < -0.39 is 14.9 Å². The molecule has 0 amide bonds. The molecule has 0 radical (unpaired) electrons. The molecule has 0 saturated heterocycles. The SMILES string of the molecule is O=C(OCl)C(F)(Cl)C(Cl)(Cl)Cl. The van der Waals surface area contributed by atoms with Crippen LogP contribution >= 0.6 is 58.3 Å². The summed E-state index contributed by atoms with van der Waals surface area (Å²) in [6, 6.07) is 0. The van der Waals surface area contributed by atoms with Crippen molar-refractivity contribution in [2.45, 2.75) is 8.92 Å². The Balaban J connectivity index is 4.59. The van der Waals surface area contributed by atoms with Gasteiger partial charge in [0, 0.05) is 0 Å². The second-order valence-corrected chi connectivity index (χ2v) is 4.39. The van der Waals surface area contributed by atoms with E-state index in [1.165, 1.54) is 0 Å². The van der Waals surface area contributed by atoms with Gasteiger partial charge in [0.25, 0.3) is 0 Å². The van der Waals surface area contributed by atoms with Gasteiger partial charge in [-0.3, -0.25) is 0 Å². The van der Waals surface area contributed by atoms with Crippen molar-refractivity contribution in [1.82, 2.24) is 0 Å². The third-order valence-electron chi connectivity index (χ3n) is 0.682. The van der Waals surface area contributed by atoms with Crippen LogP contribution in [0.2, 0.25) is 0 Å². The molecule has 1 unspecified atom stereocenters. The van der Waals surface area contributed by atoms with Crippen LogP contribution in [0.4, 0.5) is 4.39 Å². The zero-order chi connectivity index (χ0) is 9.28. The molecular weight excluding hydrogens is 264 g/mol. The molecule has 0 bridgehead atoms. The highest BCUT2D eigenvalue weighted by Gasteiger charge is 2.56. The van der Waals surface area contributed by atoms with Gasteiger partial charge in [-0.05, 0) is 0 Å². The van der Waals surface area contributed by atoms with E-state index in [0.717, 1.165) is 0 Å². The fourth-order valence-corrected chi connectivity index (χ4v) is 0.580. The molecule has 0 saturated carbocycles. The molecule has 0 spiro atoms. The van der Waals surface area contributed by atoms with Crippen LogP contribution < -0.4 is 0 Å². The highest BCUT2D eigenvalue weighted by molar-refractivity contribution is 6.72. The zero-order valence-electron chi connectivity index (χ0n) is 4.58. The van der Waals surface area contributed by atoms with Crippen molar-refractivity contribution in [1.29, 1.82) is 0 Å². The fourth-order valence-electron chi connectivity index (χ4n) is 0.164. The molecule has 0 aromatic heterocycles. The molecule has 0 aliphatic heterocycles. The second kappa shape index (κ2) is 3.71. The lowest BCUT2D eigenvalue weighted by Gasteiger charge is -2.21. The van der Waals surface area contributed by atoms with E-state index in [9.17, 15) is 9.18 Å². The summed E-state index contributed by atoms with van der Waals surface area (Å²) in [6.45, 7) is 0. The highest BCUT2D eigenvalue weighted by atomic mass is 35.6. The quantitative estimate of drug-likeness (QED) is 0.681. The number of hydrogen-bond acceptors (Lipinski definition) is 2. The molecule has 0 aliphatic carbocycles. The molecule has 0 heterocycles. The van der Waals surface area contributed by atoms with Crippen LogP contribution in [0.3, 0.4) is 0 Å². The largest absolute Gasteiger partial charge is 0.382 e. The summed E-state index contributed by atoms with van der Waals surface area (Å²) in [5, 5.41) is -3.28. The molecular formula is C3Cl5FO2. The lowest BCUT2D eigenvalue weighted by Crippen LogP contribution is -2.40. The molecule has 1 atom stereocenters. The predicted octanol–water partition coefficient (Wildman–Crippen LogP) is 2.96. The molecule has 0 N–H and O–H groups in total. The Morgan fingerprint density at radius 2 is 1.64 bits per heavy atom. The lowest BCUT2D eigenvalue weighted by molar-refractivity contribution is -0.141. The van der Waals surface area contributed by atoms with E-state index in [0.29, 0.717) is 0 Å². The molecule has 0 aromatic rings. The number of carbonyl (C=O) groups is 1. The molecule has 8 heteroatoms. The van der Waals surface area contributed by atoms with Gasteiger partial charge in [-0.2, -0.15) is 0 Å². The van der Waals surface area contributed by atoms with E-state index in [1.807, 2.05) is 0 Å². The Labute approximate surface area is 86.6 Å². The average Bonchev–Trinajstić information content (AvgIpc) is 1.83. The van der Waals surface area contributed by atoms with Gasteiger partial charge in [0.15, 0.2) is 0 Å². The molecule has 2 nitrogen and oxygen atoms in total. The number of halogens is 6. The van der Waals surface area contributed by atoms with Crippen LogP contribution in [-0.4, -0.2) is 14.9 Å². The molecule has 0 rings (SSSR count). The van der Waals surface area contributed by atoms with Gasteiger partial charge in [0.05, 0.1) is 0 Å². The van der Waals surface area contributed by atoms with Gasteiger partial charge in [-0.25, -0.2) is 9.18 Å². The van der Waals surface area contributed by atoms with E-state index in [1.54, 1.807) is 0 Å². The van der Waals surface area contributed by atoms with Gasteiger partial charge in [0.2, 0.25) is 3.79 Å². The molecule has 0 aliphatic rings. The third kappa shape index (κ3) is 2.67. The molecule has 0 aromatic carbocycles. The van der Waals surface area contributed by atoms with Gasteiger partial charge in [-0.1, -0.05) is 46.4 Å². The standard InChI is InChI=1S/C3Cl5FO2/c4-2(9,1(10)11-8)3(5,6)7. The molecule has 66 valence electrons. The van der Waals surface area contributed by atoms with Crippen molar-refractivity contribution in [3.63, 3.8) is 0 Å². The van der Waals surface area contributed by atoms with Crippen LogP contribution in [0.5, 0.6) is 0 Å². The summed E-state index contributed by atoms with van der Waals surface area (Å²) < 4.78 is 13.6. The molecule has 11 heavy (non-hydrogen) atoms. The van der Waals surface area contributed by atoms with Gasteiger partial charge in [0.1, 0.15) is 11.9 Å². The van der Waals surface area contributed by atoms with Gasteiger partial charge >= 0.3 is 11.1 Å². The first-order chi connectivity index (χ1) is 4.73. The van der Waals surface area contributed by atoms with Crippen molar-refractivity contribution in [2.75, 3.05) is 0 Å². The number of carbonyl (C=O) groups excluding carboxylic acids is 1. The lowest BCUT2D eigenvalue weighted by atomic mass is 10.4. The van der Waals surface area contributed by atoms with Gasteiger partial charge in [-0.15, -0.1) is 0 Å². The van der Waals surface area contributed by atoms with E-state index >= 15 is 0 Å². The van der Waals surface area contributed by atoms with Crippen molar-refractivity contribution in [3.05, 3.63) is 0 Å². The van der Waals surface area contributed by atoms with Crippen LogP contribution in [0.1, 0.15) is 0 Å². The summed E-state index contributed by atoms with van der Waals surface area (Å²) in [4.78, 5) is 10.4. The number of hydrogen-bond donors (Lipinski definition) is 0. The van der Waals surface area contributed by atoms with E-state index in [4.69, 9.17) is 46.4 Å². The van der Waals surface area contributed by atoms with Crippen LogP contribution in [0.25, 0.3) is 0 Å². The maximum Gasteiger partial charge on any atom is 0.382 e. The average molecular weight is 264 g/mol. The zero-order valence-corrected chi connectivity index (χ0v) is 8.36. The summed E-state index contributed by atoms with van der Waals surface area (Å²) in [5.41, 5.74) is 0. The first-order valence-electron chi connectivity index (χ1n) is 2.01. The summed E-state index contributed by atoms with van der Waals surface area (Å²) in [6.07, 6.45) is 0. The Bertz CT molecular complexity index is 164. The predicted molar refractivity (Wildman–Crippen MR) is 41.9 cm³/mol. The van der Waals surface area contributed by atoms with Crippen LogP contribution in [0, 0.1) is 0 Å². The Morgan fingerprint density at radius 1 is 1.27 bits per heavy atom. The maximum absolute atomic E-state index is 12.8. The van der Waals surface area contributed by atoms with E-state index in [2.05, 4.69) is 16.2 Å². The number of rotatable bonds is 1. The summed E-state index contributed by atoms with van der Waals surface area (Å²) >= 11 is 24.2. The van der Waals surface area contributed by atoms with Crippen LogP contribution in [0.15, 0.2) is 0 Å². The minimum atomic E-state index is -3.28. The number of alkyl halides is 5. The van der Waals surface area contributed by atoms with Crippen molar-refractivity contribution >= 4 is 64.2 Å². The third-order valence-corrected chi connectivity index (χ3v) is 2.33. The topological polar surface area (TPSA) is 26.3 Å².